The minimum Gasteiger partial charge on any atom is -0.444 e. The molecule has 1 saturated carbocycles. The molecular weight excluding hydrogens is 551 g/mol. The molecule has 2 amide bonds. The van der Waals surface area contributed by atoms with Crippen LogP contribution in [0.3, 0.4) is 0 Å². The molecule has 0 unspecified atom stereocenters. The van der Waals surface area contributed by atoms with Gasteiger partial charge in [0.1, 0.15) is 17.1 Å². The Morgan fingerprint density at radius 3 is 2.30 bits per heavy atom. The van der Waals surface area contributed by atoms with E-state index in [2.05, 4.69) is 39.2 Å². The van der Waals surface area contributed by atoms with E-state index in [4.69, 9.17) is 9.16 Å². The fourth-order valence-electron chi connectivity index (χ4n) is 4.29. The van der Waals surface area contributed by atoms with E-state index in [0.29, 0.717) is 24.0 Å². The number of halogens is 1. The van der Waals surface area contributed by atoms with Crippen molar-refractivity contribution in [1.82, 2.24) is 5.32 Å². The average Bonchev–Trinajstić information content (AvgIpc) is 3.49. The van der Waals surface area contributed by atoms with Crippen LogP contribution in [0.15, 0.2) is 47.4 Å². The SMILES string of the molecule is CC(C)(C)OC(=O)N[C@]1(N(C=O)c2ccc(-c3ccccc3S(C)(=O)=O)cc2F)C[C@@H]1CO[Si](C)(C)C(C)(C)C. The minimum absolute atomic E-state index is 0.0440. The van der Waals surface area contributed by atoms with Crippen LogP contribution in [-0.2, 0) is 23.8 Å². The van der Waals surface area contributed by atoms with E-state index in [1.165, 1.54) is 23.1 Å². The van der Waals surface area contributed by atoms with Gasteiger partial charge in [-0.1, -0.05) is 45.0 Å². The molecule has 0 bridgehead atoms. The summed E-state index contributed by atoms with van der Waals surface area (Å²) in [7, 11) is -5.71. The summed E-state index contributed by atoms with van der Waals surface area (Å²) in [6.07, 6.45) is 1.20. The van der Waals surface area contributed by atoms with Crippen molar-refractivity contribution in [3.8, 4) is 11.1 Å². The molecule has 1 aliphatic rings. The second-order valence-electron chi connectivity index (χ2n) is 12.9. The van der Waals surface area contributed by atoms with Gasteiger partial charge in [-0.25, -0.2) is 17.6 Å². The van der Waals surface area contributed by atoms with E-state index in [1.807, 2.05) is 0 Å². The highest BCUT2D eigenvalue weighted by Gasteiger charge is 2.61. The predicted molar refractivity (Wildman–Crippen MR) is 157 cm³/mol. The summed E-state index contributed by atoms with van der Waals surface area (Å²) in [5.41, 5.74) is -1.39. The number of alkyl carbamates (subject to hydrolysis) is 1. The standard InChI is InChI=1S/C29H41FN2O6SSi/c1-27(2,3)38-26(34)31-29(17-21(29)18-37-40(8,9)28(4,5)6)32(19-33)24-15-14-20(16-23(24)30)22-12-10-11-13-25(22)39(7,35)36/h10-16,19,21H,17-18H2,1-9H3,(H,31,34)/t21-,29+/m1/s1. The summed E-state index contributed by atoms with van der Waals surface area (Å²) in [6.45, 7) is 16.1. The van der Waals surface area contributed by atoms with Crippen LogP contribution in [0.2, 0.25) is 18.1 Å². The van der Waals surface area contributed by atoms with Gasteiger partial charge in [-0.3, -0.25) is 15.0 Å². The fourth-order valence-corrected chi connectivity index (χ4v) is 6.25. The Morgan fingerprint density at radius 1 is 1.15 bits per heavy atom. The summed E-state index contributed by atoms with van der Waals surface area (Å²) < 4.78 is 52.2. The smallest absolute Gasteiger partial charge is 0.409 e. The van der Waals surface area contributed by atoms with Crippen molar-refractivity contribution in [3.63, 3.8) is 0 Å². The van der Waals surface area contributed by atoms with Crippen molar-refractivity contribution in [2.75, 3.05) is 17.8 Å². The lowest BCUT2D eigenvalue weighted by Gasteiger charge is -2.37. The van der Waals surface area contributed by atoms with Crippen molar-refractivity contribution in [3.05, 3.63) is 48.3 Å². The highest BCUT2D eigenvalue weighted by molar-refractivity contribution is 7.90. The van der Waals surface area contributed by atoms with Crippen molar-refractivity contribution >= 4 is 36.3 Å². The normalized spacial score (nSPS) is 19.6. The number of carbonyl (C=O) groups is 2. The number of nitrogens with zero attached hydrogens (tertiary/aromatic N) is 1. The maximum atomic E-state index is 15.7. The molecule has 220 valence electrons. The van der Waals surface area contributed by atoms with E-state index in [-0.39, 0.29) is 28.1 Å². The number of sulfone groups is 1. The van der Waals surface area contributed by atoms with Gasteiger partial charge in [-0.2, -0.15) is 0 Å². The molecule has 3 rings (SSSR count). The molecular formula is C29H41FN2O6SSi. The molecule has 1 fully saturated rings. The number of hydrogen-bond acceptors (Lipinski definition) is 6. The van der Waals surface area contributed by atoms with Gasteiger partial charge in [0, 0.05) is 24.3 Å². The molecule has 1 aliphatic carbocycles. The number of hydrogen-bond donors (Lipinski definition) is 1. The third-order valence-corrected chi connectivity index (χ3v) is 13.2. The fraction of sp³-hybridized carbons (Fsp3) is 0.517. The van der Waals surface area contributed by atoms with Crippen molar-refractivity contribution in [2.45, 2.75) is 82.3 Å². The first-order chi connectivity index (χ1) is 18.2. The third-order valence-electron chi connectivity index (χ3n) is 7.58. The van der Waals surface area contributed by atoms with E-state index in [1.54, 1.807) is 45.0 Å². The quantitative estimate of drug-likeness (QED) is 0.214. The van der Waals surface area contributed by atoms with E-state index in [9.17, 15) is 18.0 Å². The summed E-state index contributed by atoms with van der Waals surface area (Å²) in [5, 5.41) is 2.78. The maximum Gasteiger partial charge on any atom is 0.409 e. The zero-order valence-corrected chi connectivity index (χ0v) is 26.6. The van der Waals surface area contributed by atoms with Crippen LogP contribution in [0.5, 0.6) is 0 Å². The van der Waals surface area contributed by atoms with Gasteiger partial charge in [0.2, 0.25) is 6.41 Å². The van der Waals surface area contributed by atoms with Crippen LogP contribution >= 0.6 is 0 Å². The van der Waals surface area contributed by atoms with E-state index >= 15 is 4.39 Å². The molecule has 0 aliphatic heterocycles. The number of amides is 2. The first-order valence-corrected chi connectivity index (χ1v) is 18.0. The van der Waals surface area contributed by atoms with E-state index < -0.39 is 41.3 Å². The highest BCUT2D eigenvalue weighted by Crippen LogP contribution is 2.50. The van der Waals surface area contributed by atoms with Gasteiger partial charge in [-0.15, -0.1) is 0 Å². The van der Waals surface area contributed by atoms with Crippen LogP contribution < -0.4 is 10.2 Å². The zero-order chi connectivity index (χ0) is 30.3. The Hall–Kier alpha value is -2.76. The lowest BCUT2D eigenvalue weighted by Crippen LogP contribution is -2.54. The van der Waals surface area contributed by atoms with Gasteiger partial charge < -0.3 is 9.16 Å². The molecule has 0 saturated heterocycles. The number of nitrogens with one attached hydrogen (secondary N) is 1. The Kier molecular flexibility index (Phi) is 8.66. The first kappa shape index (κ1) is 31.8. The highest BCUT2D eigenvalue weighted by atomic mass is 32.2. The average molecular weight is 593 g/mol. The maximum absolute atomic E-state index is 15.7. The van der Waals surface area contributed by atoms with Gasteiger partial charge >= 0.3 is 6.09 Å². The summed E-state index contributed by atoms with van der Waals surface area (Å²) in [5.74, 6) is -1.04. The summed E-state index contributed by atoms with van der Waals surface area (Å²) in [6, 6.07) is 10.5. The second kappa shape index (κ2) is 10.9. The Morgan fingerprint density at radius 2 is 1.77 bits per heavy atom. The van der Waals surface area contributed by atoms with Crippen LogP contribution in [0.1, 0.15) is 48.0 Å². The van der Waals surface area contributed by atoms with Gasteiger partial charge in [0.25, 0.3) is 0 Å². The number of anilines is 1. The topological polar surface area (TPSA) is 102 Å². The first-order valence-electron chi connectivity index (χ1n) is 13.2. The molecule has 0 aromatic heterocycles. The molecule has 0 heterocycles. The second-order valence-corrected chi connectivity index (χ2v) is 19.7. The number of rotatable bonds is 9. The number of carbonyl (C=O) groups excluding carboxylic acids is 2. The molecule has 2 atom stereocenters. The van der Waals surface area contributed by atoms with Crippen molar-refractivity contribution in [1.29, 1.82) is 0 Å². The summed E-state index contributed by atoms with van der Waals surface area (Å²) >= 11 is 0. The van der Waals surface area contributed by atoms with Gasteiger partial charge in [0.05, 0.1) is 10.6 Å². The molecule has 8 nitrogen and oxygen atoms in total. The summed E-state index contributed by atoms with van der Waals surface area (Å²) in [4.78, 5) is 26.6. The largest absolute Gasteiger partial charge is 0.444 e. The van der Waals surface area contributed by atoms with Crippen molar-refractivity contribution < 1.29 is 31.6 Å². The molecule has 2 aromatic rings. The molecule has 0 spiro atoms. The Balaban J connectivity index is 1.99. The minimum atomic E-state index is -3.56. The number of ether oxygens (including phenoxy) is 1. The Bertz CT molecular complexity index is 1380. The molecule has 11 heteroatoms. The third kappa shape index (κ3) is 6.92. The molecule has 1 N–H and O–H groups in total. The molecule has 2 aromatic carbocycles. The van der Waals surface area contributed by atoms with Crippen LogP contribution in [0.25, 0.3) is 11.1 Å². The van der Waals surface area contributed by atoms with Crippen LogP contribution in [0.4, 0.5) is 14.9 Å². The van der Waals surface area contributed by atoms with E-state index in [0.717, 1.165) is 6.26 Å². The predicted octanol–water partition coefficient (Wildman–Crippen LogP) is 6.12. The zero-order valence-electron chi connectivity index (χ0n) is 24.8. The molecule has 40 heavy (non-hydrogen) atoms. The Labute approximate surface area is 238 Å². The lowest BCUT2D eigenvalue weighted by atomic mass is 10.0. The van der Waals surface area contributed by atoms with Crippen molar-refractivity contribution in [2.24, 2.45) is 5.92 Å². The monoisotopic (exact) mass is 592 g/mol. The van der Waals surface area contributed by atoms with Gasteiger partial charge in [-0.05, 0) is 69.1 Å². The van der Waals surface area contributed by atoms with Gasteiger partial charge in [0.15, 0.2) is 18.2 Å². The van der Waals surface area contributed by atoms with Crippen LogP contribution in [0, 0.1) is 11.7 Å². The number of benzene rings is 2. The van der Waals surface area contributed by atoms with Crippen LogP contribution in [-0.4, -0.2) is 53.4 Å². The lowest BCUT2D eigenvalue weighted by molar-refractivity contribution is -0.108. The molecule has 0 radical (unpaired) electrons.